The number of hydrogen-bond acceptors (Lipinski definition) is 4. The van der Waals surface area contributed by atoms with Crippen LogP contribution >= 0.6 is 0 Å². The maximum absolute atomic E-state index is 11.9. The SMILES string of the molecule is CC(N)C(=O)N(C)Cc1ccccc1N1CCOCC1. The first-order valence-corrected chi connectivity index (χ1v) is 7.00. The van der Waals surface area contributed by atoms with Gasteiger partial charge in [0.15, 0.2) is 0 Å². The molecule has 1 aliphatic heterocycles. The molecule has 20 heavy (non-hydrogen) atoms. The molecule has 1 aromatic rings. The summed E-state index contributed by atoms with van der Waals surface area (Å²) in [5, 5.41) is 0. The van der Waals surface area contributed by atoms with Gasteiger partial charge < -0.3 is 20.3 Å². The molecule has 0 spiro atoms. The molecule has 1 aromatic carbocycles. The third-order valence-electron chi connectivity index (χ3n) is 3.52. The molecule has 0 aromatic heterocycles. The van der Waals surface area contributed by atoms with E-state index in [1.54, 1.807) is 18.9 Å². The van der Waals surface area contributed by atoms with E-state index in [2.05, 4.69) is 17.0 Å². The van der Waals surface area contributed by atoms with E-state index in [0.717, 1.165) is 31.9 Å². The molecular formula is C15H23N3O2. The minimum atomic E-state index is -0.462. The van der Waals surface area contributed by atoms with E-state index in [0.29, 0.717) is 6.54 Å². The van der Waals surface area contributed by atoms with Crippen LogP contribution in [-0.4, -0.2) is 50.2 Å². The fraction of sp³-hybridized carbons (Fsp3) is 0.533. The van der Waals surface area contributed by atoms with E-state index >= 15 is 0 Å². The highest BCUT2D eigenvalue weighted by atomic mass is 16.5. The Balaban J connectivity index is 2.13. The van der Waals surface area contributed by atoms with E-state index in [9.17, 15) is 4.79 Å². The predicted octanol–water partition coefficient (Wildman–Crippen LogP) is 0.829. The summed E-state index contributed by atoms with van der Waals surface area (Å²) in [6.45, 7) is 5.58. The minimum absolute atomic E-state index is 0.0400. The average molecular weight is 277 g/mol. The molecule has 1 fully saturated rings. The number of nitrogens with two attached hydrogens (primary N) is 1. The molecule has 0 aliphatic carbocycles. The Morgan fingerprint density at radius 3 is 2.70 bits per heavy atom. The third kappa shape index (κ3) is 3.49. The van der Waals surface area contributed by atoms with Gasteiger partial charge in [0.1, 0.15) is 0 Å². The van der Waals surface area contributed by atoms with Crippen LogP contribution < -0.4 is 10.6 Å². The molecule has 1 atom stereocenters. The van der Waals surface area contributed by atoms with Crippen molar-refractivity contribution in [3.05, 3.63) is 29.8 Å². The zero-order valence-corrected chi connectivity index (χ0v) is 12.2. The smallest absolute Gasteiger partial charge is 0.239 e. The second-order valence-corrected chi connectivity index (χ2v) is 5.21. The van der Waals surface area contributed by atoms with Gasteiger partial charge >= 0.3 is 0 Å². The van der Waals surface area contributed by atoms with E-state index in [4.69, 9.17) is 10.5 Å². The summed E-state index contributed by atoms with van der Waals surface area (Å²) in [6, 6.07) is 7.74. The lowest BCUT2D eigenvalue weighted by atomic mass is 10.1. The Morgan fingerprint density at radius 1 is 1.40 bits per heavy atom. The summed E-state index contributed by atoms with van der Waals surface area (Å²) in [6.07, 6.45) is 0. The molecule has 0 bridgehead atoms. The Hall–Kier alpha value is -1.59. The van der Waals surface area contributed by atoms with Crippen molar-refractivity contribution >= 4 is 11.6 Å². The van der Waals surface area contributed by atoms with Crippen molar-refractivity contribution in [1.82, 2.24) is 4.90 Å². The van der Waals surface area contributed by atoms with Gasteiger partial charge in [0.25, 0.3) is 0 Å². The number of anilines is 1. The van der Waals surface area contributed by atoms with Crippen LogP contribution in [-0.2, 0) is 16.1 Å². The maximum atomic E-state index is 11.9. The first kappa shape index (κ1) is 14.8. The third-order valence-corrected chi connectivity index (χ3v) is 3.52. The number of benzene rings is 1. The van der Waals surface area contributed by atoms with Gasteiger partial charge in [-0.05, 0) is 18.6 Å². The topological polar surface area (TPSA) is 58.8 Å². The molecule has 0 radical (unpaired) electrons. The molecule has 1 saturated heterocycles. The minimum Gasteiger partial charge on any atom is -0.378 e. The Morgan fingerprint density at radius 2 is 2.05 bits per heavy atom. The predicted molar refractivity (Wildman–Crippen MR) is 79.6 cm³/mol. The molecule has 1 aliphatic rings. The number of carbonyl (C=O) groups is 1. The highest BCUT2D eigenvalue weighted by Gasteiger charge is 2.18. The number of amides is 1. The number of carbonyl (C=O) groups excluding carboxylic acids is 1. The van der Waals surface area contributed by atoms with Crippen LogP contribution in [0.1, 0.15) is 12.5 Å². The molecule has 0 saturated carbocycles. The summed E-state index contributed by atoms with van der Waals surface area (Å²) >= 11 is 0. The van der Waals surface area contributed by atoms with Gasteiger partial charge in [-0.3, -0.25) is 4.79 Å². The van der Waals surface area contributed by atoms with Crippen molar-refractivity contribution in [2.45, 2.75) is 19.5 Å². The molecule has 1 amide bonds. The zero-order valence-electron chi connectivity index (χ0n) is 12.2. The van der Waals surface area contributed by atoms with Gasteiger partial charge in [-0.15, -0.1) is 0 Å². The molecule has 1 heterocycles. The summed E-state index contributed by atoms with van der Waals surface area (Å²) in [4.78, 5) is 15.9. The Bertz CT molecular complexity index is 456. The van der Waals surface area contributed by atoms with Gasteiger partial charge in [0, 0.05) is 32.4 Å². The average Bonchev–Trinajstić information content (AvgIpc) is 2.47. The first-order chi connectivity index (χ1) is 9.59. The normalized spacial score (nSPS) is 16.9. The van der Waals surface area contributed by atoms with Gasteiger partial charge in [-0.1, -0.05) is 18.2 Å². The summed E-state index contributed by atoms with van der Waals surface area (Å²) in [5.74, 6) is -0.0400. The number of likely N-dealkylation sites (N-methyl/N-ethyl adjacent to an activating group) is 1. The highest BCUT2D eigenvalue weighted by Crippen LogP contribution is 2.22. The second-order valence-electron chi connectivity index (χ2n) is 5.21. The Kier molecular flexibility index (Phi) is 4.98. The van der Waals surface area contributed by atoms with Crippen molar-refractivity contribution in [2.24, 2.45) is 5.73 Å². The lowest BCUT2D eigenvalue weighted by Crippen LogP contribution is -2.40. The standard InChI is InChI=1S/C15H23N3O2/c1-12(16)15(19)17(2)11-13-5-3-4-6-14(13)18-7-9-20-10-8-18/h3-6,12H,7-11,16H2,1-2H3. The van der Waals surface area contributed by atoms with Crippen molar-refractivity contribution in [2.75, 3.05) is 38.3 Å². The molecule has 5 heteroatoms. The van der Waals surface area contributed by atoms with E-state index in [1.165, 1.54) is 5.69 Å². The molecule has 1 unspecified atom stereocenters. The monoisotopic (exact) mass is 277 g/mol. The van der Waals surface area contributed by atoms with Crippen LogP contribution in [0.4, 0.5) is 5.69 Å². The molecule has 110 valence electrons. The lowest BCUT2D eigenvalue weighted by Gasteiger charge is -2.31. The number of morpholine rings is 1. The van der Waals surface area contributed by atoms with E-state index < -0.39 is 6.04 Å². The second kappa shape index (κ2) is 6.72. The number of ether oxygens (including phenoxy) is 1. The largest absolute Gasteiger partial charge is 0.378 e. The zero-order chi connectivity index (χ0) is 14.5. The number of nitrogens with zero attached hydrogens (tertiary/aromatic N) is 2. The van der Waals surface area contributed by atoms with Gasteiger partial charge in [-0.2, -0.15) is 0 Å². The fourth-order valence-corrected chi connectivity index (χ4v) is 2.44. The van der Waals surface area contributed by atoms with Crippen molar-refractivity contribution in [3.63, 3.8) is 0 Å². The number of para-hydroxylation sites is 1. The summed E-state index contributed by atoms with van der Waals surface area (Å²) in [5.41, 5.74) is 7.98. The van der Waals surface area contributed by atoms with Crippen LogP contribution in [0.15, 0.2) is 24.3 Å². The van der Waals surface area contributed by atoms with E-state index in [-0.39, 0.29) is 5.91 Å². The fourth-order valence-electron chi connectivity index (χ4n) is 2.44. The van der Waals surface area contributed by atoms with Crippen LogP contribution in [0, 0.1) is 0 Å². The summed E-state index contributed by atoms with van der Waals surface area (Å²) < 4.78 is 5.39. The van der Waals surface area contributed by atoms with Crippen molar-refractivity contribution < 1.29 is 9.53 Å². The maximum Gasteiger partial charge on any atom is 0.239 e. The Labute approximate surface area is 120 Å². The van der Waals surface area contributed by atoms with E-state index in [1.807, 2.05) is 12.1 Å². The van der Waals surface area contributed by atoms with Crippen molar-refractivity contribution in [3.8, 4) is 0 Å². The molecule has 5 nitrogen and oxygen atoms in total. The quantitative estimate of drug-likeness (QED) is 0.885. The number of hydrogen-bond donors (Lipinski definition) is 1. The molecule has 2 N–H and O–H groups in total. The summed E-state index contributed by atoms with van der Waals surface area (Å²) in [7, 11) is 1.79. The van der Waals surface area contributed by atoms with Gasteiger partial charge in [0.2, 0.25) is 5.91 Å². The molecule has 2 rings (SSSR count). The molecular weight excluding hydrogens is 254 g/mol. The van der Waals surface area contributed by atoms with Gasteiger partial charge in [0.05, 0.1) is 19.3 Å². The lowest BCUT2D eigenvalue weighted by molar-refractivity contribution is -0.131. The van der Waals surface area contributed by atoms with Crippen LogP contribution in [0.25, 0.3) is 0 Å². The highest BCUT2D eigenvalue weighted by molar-refractivity contribution is 5.81. The number of rotatable bonds is 4. The van der Waals surface area contributed by atoms with Crippen LogP contribution in [0.3, 0.4) is 0 Å². The van der Waals surface area contributed by atoms with Crippen LogP contribution in [0.5, 0.6) is 0 Å². The van der Waals surface area contributed by atoms with Crippen molar-refractivity contribution in [1.29, 1.82) is 0 Å². The van der Waals surface area contributed by atoms with Gasteiger partial charge in [-0.25, -0.2) is 0 Å². The van der Waals surface area contributed by atoms with Crippen LogP contribution in [0.2, 0.25) is 0 Å². The first-order valence-electron chi connectivity index (χ1n) is 7.00.